The number of nitriles is 1. The van der Waals surface area contributed by atoms with Gasteiger partial charge in [0.05, 0.1) is 30.3 Å². The number of benzene rings is 2. The van der Waals surface area contributed by atoms with Crippen molar-refractivity contribution in [1.82, 2.24) is 25.1 Å². The van der Waals surface area contributed by atoms with Crippen molar-refractivity contribution in [3.63, 3.8) is 0 Å². The number of carbonyl (C=O) groups excluding carboxylic acids is 1. The van der Waals surface area contributed by atoms with Gasteiger partial charge >= 0.3 is 0 Å². The van der Waals surface area contributed by atoms with Gasteiger partial charge in [0.15, 0.2) is 5.69 Å². The zero-order chi connectivity index (χ0) is 28.3. The molecule has 2 aliphatic heterocycles. The summed E-state index contributed by atoms with van der Waals surface area (Å²) in [6, 6.07) is 17.3. The third-order valence-corrected chi connectivity index (χ3v) is 7.65. The number of nitrogens with zero attached hydrogens (tertiary/aromatic N) is 7. The molecule has 4 aromatic rings. The van der Waals surface area contributed by atoms with E-state index in [1.807, 2.05) is 35.2 Å². The number of anilines is 2. The number of amides is 1. The van der Waals surface area contributed by atoms with E-state index >= 15 is 0 Å². The highest BCUT2D eigenvalue weighted by Crippen LogP contribution is 2.38. The second-order valence-corrected chi connectivity index (χ2v) is 10.0. The number of hydrogen-bond acceptors (Lipinski definition) is 9. The number of fused-ring (bicyclic) bond motifs is 1. The van der Waals surface area contributed by atoms with Crippen LogP contribution in [-0.2, 0) is 6.54 Å². The number of aromatic amines is 1. The molecular weight excluding hydrogens is 520 g/mol. The molecule has 2 aliphatic rings. The highest BCUT2D eigenvalue weighted by Gasteiger charge is 2.32. The first-order chi connectivity index (χ1) is 20.0. The Hall–Kier alpha value is -5.24. The normalized spacial score (nSPS) is 16.3. The van der Waals surface area contributed by atoms with Crippen molar-refractivity contribution in [2.45, 2.75) is 19.5 Å². The molecule has 4 heterocycles. The molecule has 1 amide bonds. The van der Waals surface area contributed by atoms with Crippen molar-refractivity contribution in [1.29, 1.82) is 5.26 Å². The van der Waals surface area contributed by atoms with Crippen LogP contribution in [0, 0.1) is 18.3 Å². The second-order valence-electron chi connectivity index (χ2n) is 10.0. The Morgan fingerprint density at radius 2 is 1.90 bits per heavy atom. The molecule has 11 nitrogen and oxygen atoms in total. The highest BCUT2D eigenvalue weighted by molar-refractivity contribution is 5.94. The van der Waals surface area contributed by atoms with Gasteiger partial charge in [-0.15, -0.1) is 0 Å². The van der Waals surface area contributed by atoms with Gasteiger partial charge in [0.2, 0.25) is 0 Å². The van der Waals surface area contributed by atoms with Crippen LogP contribution in [0.2, 0.25) is 0 Å². The van der Waals surface area contributed by atoms with Crippen LogP contribution in [0.3, 0.4) is 0 Å². The first-order valence-corrected chi connectivity index (χ1v) is 13.4. The molecule has 6 rings (SSSR count). The first-order valence-electron chi connectivity index (χ1n) is 13.4. The molecule has 2 aromatic carbocycles. The van der Waals surface area contributed by atoms with Crippen molar-refractivity contribution in [2.24, 2.45) is 0 Å². The fourth-order valence-electron chi connectivity index (χ4n) is 5.39. The maximum atomic E-state index is 13.3. The maximum absolute atomic E-state index is 13.3. The van der Waals surface area contributed by atoms with Crippen LogP contribution in [0.1, 0.15) is 38.8 Å². The monoisotopic (exact) mass is 548 g/mol. The number of ether oxygens (including phenoxy) is 1. The Bertz CT molecular complexity index is 1670. The van der Waals surface area contributed by atoms with E-state index in [4.69, 9.17) is 10.00 Å². The molecular formula is C30H28N8O3. The van der Waals surface area contributed by atoms with Crippen LogP contribution >= 0.6 is 0 Å². The zero-order valence-electron chi connectivity index (χ0n) is 22.5. The molecule has 0 saturated carbocycles. The van der Waals surface area contributed by atoms with Gasteiger partial charge in [-0.3, -0.25) is 9.59 Å². The van der Waals surface area contributed by atoms with Crippen LogP contribution in [0.4, 0.5) is 11.5 Å². The van der Waals surface area contributed by atoms with Gasteiger partial charge in [-0.05, 0) is 36.2 Å². The smallest absolute Gasteiger partial charge is 0.269 e. The van der Waals surface area contributed by atoms with Gasteiger partial charge in [0, 0.05) is 43.9 Å². The topological polar surface area (TPSA) is 131 Å². The quantitative estimate of drug-likeness (QED) is 0.386. The van der Waals surface area contributed by atoms with E-state index in [-0.39, 0.29) is 23.2 Å². The number of hydrogen-bond donors (Lipinski definition) is 1. The predicted octanol–water partition coefficient (Wildman–Crippen LogP) is 2.84. The van der Waals surface area contributed by atoms with Gasteiger partial charge in [-0.2, -0.15) is 10.4 Å². The first kappa shape index (κ1) is 26.0. The van der Waals surface area contributed by atoms with Crippen LogP contribution in [0.5, 0.6) is 5.75 Å². The average Bonchev–Trinajstić information content (AvgIpc) is 3.39. The lowest BCUT2D eigenvalue weighted by Crippen LogP contribution is -2.49. The second kappa shape index (κ2) is 11.1. The Morgan fingerprint density at radius 1 is 1.07 bits per heavy atom. The minimum Gasteiger partial charge on any atom is -0.491 e. The largest absolute Gasteiger partial charge is 0.491 e. The van der Waals surface area contributed by atoms with Gasteiger partial charge in [-0.1, -0.05) is 30.3 Å². The molecule has 1 fully saturated rings. The van der Waals surface area contributed by atoms with E-state index in [1.54, 1.807) is 31.5 Å². The molecule has 1 atom stereocenters. The third-order valence-electron chi connectivity index (χ3n) is 7.65. The summed E-state index contributed by atoms with van der Waals surface area (Å²) < 4.78 is 6.28. The molecule has 11 heteroatoms. The van der Waals surface area contributed by atoms with Gasteiger partial charge < -0.3 is 19.4 Å². The summed E-state index contributed by atoms with van der Waals surface area (Å²) >= 11 is 0. The molecule has 0 radical (unpaired) electrons. The Labute approximate surface area is 236 Å². The van der Waals surface area contributed by atoms with Gasteiger partial charge in [0.1, 0.15) is 24.2 Å². The summed E-state index contributed by atoms with van der Waals surface area (Å²) in [6.45, 7) is 5.11. The van der Waals surface area contributed by atoms with E-state index in [0.717, 1.165) is 11.3 Å². The van der Waals surface area contributed by atoms with E-state index < -0.39 is 0 Å². The summed E-state index contributed by atoms with van der Waals surface area (Å²) in [5, 5.41) is 15.5. The summed E-state index contributed by atoms with van der Waals surface area (Å²) in [5.74, 6) is 1.24. The minimum atomic E-state index is -0.213. The molecule has 1 unspecified atom stereocenters. The van der Waals surface area contributed by atoms with E-state index in [1.165, 1.54) is 11.8 Å². The average molecular weight is 549 g/mol. The molecule has 0 aliphatic carbocycles. The SMILES string of the molecule is Cc1c(N2Cc3ccccc3C2COc2cccc(C(=O)N3CCN(c4cnc(C#N)cn4)CC3)c2)cn[nH]c1=O. The Morgan fingerprint density at radius 3 is 2.68 bits per heavy atom. The Balaban J connectivity index is 1.13. The van der Waals surface area contributed by atoms with Gasteiger partial charge in [-0.25, -0.2) is 15.1 Å². The maximum Gasteiger partial charge on any atom is 0.269 e. The third kappa shape index (κ3) is 5.19. The van der Waals surface area contributed by atoms with E-state index in [9.17, 15) is 9.59 Å². The molecule has 0 spiro atoms. The number of aromatic nitrogens is 4. The predicted molar refractivity (Wildman–Crippen MR) is 152 cm³/mol. The summed E-state index contributed by atoms with van der Waals surface area (Å²) in [7, 11) is 0. The number of rotatable bonds is 6. The highest BCUT2D eigenvalue weighted by atomic mass is 16.5. The van der Waals surface area contributed by atoms with E-state index in [2.05, 4.69) is 42.1 Å². The lowest BCUT2D eigenvalue weighted by atomic mass is 10.1. The summed E-state index contributed by atoms with van der Waals surface area (Å²) in [6.07, 6.45) is 4.73. The number of H-pyrrole nitrogens is 1. The summed E-state index contributed by atoms with van der Waals surface area (Å²) in [4.78, 5) is 40.0. The van der Waals surface area contributed by atoms with Crippen LogP contribution in [0.25, 0.3) is 0 Å². The standard InChI is InChI=1S/C30H28N8O3/c1-20-26(16-34-35-29(20)39)38-18-22-5-2-3-8-25(22)27(38)19-41-24-7-4-6-21(13-24)30(40)37-11-9-36(10-12-37)28-17-32-23(14-31)15-33-28/h2-8,13,15-17,27H,9-12,18-19H2,1H3,(H,35,39). The molecule has 1 N–H and O–H groups in total. The summed E-state index contributed by atoms with van der Waals surface area (Å²) in [5.41, 5.74) is 4.32. The molecule has 0 bridgehead atoms. The number of piperazine rings is 1. The number of nitrogens with one attached hydrogen (secondary N) is 1. The lowest BCUT2D eigenvalue weighted by Gasteiger charge is -2.35. The van der Waals surface area contributed by atoms with Gasteiger partial charge in [0.25, 0.3) is 11.5 Å². The Kier molecular flexibility index (Phi) is 7.04. The fraction of sp³-hybridized carbons (Fsp3) is 0.267. The molecule has 206 valence electrons. The van der Waals surface area contributed by atoms with Crippen LogP contribution in [0.15, 0.2) is 71.9 Å². The molecule has 1 saturated heterocycles. The fourth-order valence-corrected chi connectivity index (χ4v) is 5.39. The zero-order valence-corrected chi connectivity index (χ0v) is 22.5. The van der Waals surface area contributed by atoms with E-state index in [0.29, 0.717) is 62.0 Å². The number of carbonyl (C=O) groups is 1. The van der Waals surface area contributed by atoms with Crippen molar-refractivity contribution in [2.75, 3.05) is 42.6 Å². The van der Waals surface area contributed by atoms with Crippen molar-refractivity contribution in [3.8, 4) is 11.8 Å². The molecule has 2 aromatic heterocycles. The van der Waals surface area contributed by atoms with Crippen LogP contribution < -0.4 is 20.1 Å². The van der Waals surface area contributed by atoms with Crippen LogP contribution in [-0.4, -0.2) is 63.8 Å². The molecule has 41 heavy (non-hydrogen) atoms. The lowest BCUT2D eigenvalue weighted by molar-refractivity contribution is 0.0746. The van der Waals surface area contributed by atoms with Crippen molar-refractivity contribution >= 4 is 17.4 Å². The minimum absolute atomic E-state index is 0.0564. The van der Waals surface area contributed by atoms with Crippen molar-refractivity contribution in [3.05, 3.63) is 105 Å². The van der Waals surface area contributed by atoms with Crippen molar-refractivity contribution < 1.29 is 9.53 Å².